The number of ether oxygens (including phenoxy) is 3. The Morgan fingerprint density at radius 3 is 2.29 bits per heavy atom. The molecule has 0 amide bonds. The third-order valence-corrected chi connectivity index (χ3v) is 5.60. The first-order valence-electron chi connectivity index (χ1n) is 9.52. The third kappa shape index (κ3) is 7.94. The second-order valence-electron chi connectivity index (χ2n) is 6.93. The van der Waals surface area contributed by atoms with Gasteiger partial charge in [-0.15, -0.1) is 11.8 Å². The van der Waals surface area contributed by atoms with Gasteiger partial charge in [0.1, 0.15) is 23.7 Å². The lowest BCUT2D eigenvalue weighted by Crippen LogP contribution is -2.24. The van der Waals surface area contributed by atoms with Crippen molar-refractivity contribution in [2.45, 2.75) is 36.9 Å². The van der Waals surface area contributed by atoms with E-state index in [-0.39, 0.29) is 6.15 Å². The quantitative estimate of drug-likeness (QED) is 0.384. The highest BCUT2D eigenvalue weighted by Gasteiger charge is 2.45. The van der Waals surface area contributed by atoms with Gasteiger partial charge in [-0.3, -0.25) is 0 Å². The van der Waals surface area contributed by atoms with Crippen molar-refractivity contribution >= 4 is 17.9 Å². The summed E-state index contributed by atoms with van der Waals surface area (Å²) in [7, 11) is 0. The Kier molecular flexibility index (Phi) is 8.98. The minimum absolute atomic E-state index is 0.250. The molecule has 1 fully saturated rings. The molecular formula is C22H23F3O5S. The van der Waals surface area contributed by atoms with Gasteiger partial charge in [0.15, 0.2) is 0 Å². The van der Waals surface area contributed by atoms with Gasteiger partial charge in [-0.05, 0) is 61.4 Å². The number of rotatable bonds is 9. The Hall–Kier alpha value is -2.48. The molecule has 1 saturated heterocycles. The fourth-order valence-corrected chi connectivity index (χ4v) is 3.67. The molecule has 9 heteroatoms. The Morgan fingerprint density at radius 2 is 1.77 bits per heavy atom. The van der Waals surface area contributed by atoms with E-state index in [0.717, 1.165) is 34.8 Å². The molecule has 0 aliphatic carbocycles. The molecule has 2 aromatic rings. The van der Waals surface area contributed by atoms with Gasteiger partial charge in [0, 0.05) is 10.6 Å². The molecule has 1 heterocycles. The van der Waals surface area contributed by atoms with E-state index >= 15 is 0 Å². The molecule has 0 spiro atoms. The van der Waals surface area contributed by atoms with E-state index in [2.05, 4.69) is 13.0 Å². The number of halogens is 3. The van der Waals surface area contributed by atoms with Crippen LogP contribution in [-0.4, -0.2) is 37.3 Å². The molecular weight excluding hydrogens is 433 g/mol. The number of thioether (sulfide) groups is 1. The summed E-state index contributed by atoms with van der Waals surface area (Å²) in [6, 6.07) is 10.8. The number of aryl methyl sites for hydroxylation is 1. The number of hydrogen-bond acceptors (Lipinski definition) is 6. The standard InChI is InChI=1S/C21H23F3O3S.CO2/c1-3-10-25-19-9-8-18(11-15(19)2)28-14-20(13-27-20)12-26-17-6-4-16(5-7-17)21(22,23)24;2-1-3/h4-9,11H,3,10,12-14H2,1-2H3;. The molecule has 0 saturated carbocycles. The first-order valence-corrected chi connectivity index (χ1v) is 10.5. The summed E-state index contributed by atoms with van der Waals surface area (Å²) in [5, 5.41) is 0. The van der Waals surface area contributed by atoms with E-state index in [1.54, 1.807) is 11.8 Å². The number of alkyl halides is 3. The molecule has 1 aliphatic heterocycles. The first-order chi connectivity index (χ1) is 14.7. The van der Waals surface area contributed by atoms with E-state index in [4.69, 9.17) is 23.8 Å². The summed E-state index contributed by atoms with van der Waals surface area (Å²) in [5.41, 5.74) is 0.0123. The maximum Gasteiger partial charge on any atom is 0.416 e. The molecule has 168 valence electrons. The van der Waals surface area contributed by atoms with Crippen molar-refractivity contribution in [3.63, 3.8) is 0 Å². The lowest BCUT2D eigenvalue weighted by atomic mass is 10.2. The van der Waals surface area contributed by atoms with Crippen LogP contribution in [0.3, 0.4) is 0 Å². The minimum atomic E-state index is -4.34. The predicted molar refractivity (Wildman–Crippen MR) is 108 cm³/mol. The van der Waals surface area contributed by atoms with Crippen molar-refractivity contribution in [1.82, 2.24) is 0 Å². The largest absolute Gasteiger partial charge is 0.493 e. The molecule has 1 aliphatic rings. The van der Waals surface area contributed by atoms with E-state index in [0.29, 0.717) is 31.3 Å². The number of benzene rings is 2. The summed E-state index contributed by atoms with van der Waals surface area (Å²) in [5.74, 6) is 2.01. The molecule has 5 nitrogen and oxygen atoms in total. The van der Waals surface area contributed by atoms with Crippen LogP contribution in [0.2, 0.25) is 0 Å². The smallest absolute Gasteiger partial charge is 0.416 e. The van der Waals surface area contributed by atoms with Gasteiger partial charge in [-0.2, -0.15) is 22.8 Å². The second kappa shape index (κ2) is 11.2. The monoisotopic (exact) mass is 456 g/mol. The zero-order valence-electron chi connectivity index (χ0n) is 17.2. The summed E-state index contributed by atoms with van der Waals surface area (Å²) < 4.78 is 54.7. The molecule has 0 aromatic heterocycles. The summed E-state index contributed by atoms with van der Waals surface area (Å²) in [6.07, 6.45) is -3.13. The van der Waals surface area contributed by atoms with Crippen molar-refractivity contribution < 1.29 is 37.0 Å². The van der Waals surface area contributed by atoms with Crippen molar-refractivity contribution in [1.29, 1.82) is 0 Å². The van der Waals surface area contributed by atoms with Gasteiger partial charge in [0.2, 0.25) is 0 Å². The maximum atomic E-state index is 12.6. The van der Waals surface area contributed by atoms with Crippen molar-refractivity contribution in [3.05, 3.63) is 53.6 Å². The normalized spacial score (nSPS) is 17.2. The Bertz CT molecular complexity index is 874. The zero-order valence-corrected chi connectivity index (χ0v) is 18.0. The van der Waals surface area contributed by atoms with Crippen LogP contribution in [0.1, 0.15) is 24.5 Å². The van der Waals surface area contributed by atoms with Crippen molar-refractivity contribution in [3.8, 4) is 11.5 Å². The van der Waals surface area contributed by atoms with Crippen LogP contribution in [0, 0.1) is 6.92 Å². The van der Waals surface area contributed by atoms with E-state index < -0.39 is 17.3 Å². The topological polar surface area (TPSA) is 65.1 Å². The summed E-state index contributed by atoms with van der Waals surface area (Å²) in [6.45, 7) is 5.68. The van der Waals surface area contributed by atoms with Crippen LogP contribution in [0.25, 0.3) is 0 Å². The fourth-order valence-electron chi connectivity index (χ4n) is 2.57. The number of hydrogen-bond donors (Lipinski definition) is 0. The van der Waals surface area contributed by atoms with Crippen molar-refractivity contribution in [2.75, 3.05) is 25.6 Å². The SMILES string of the molecule is CCCOc1ccc(SCC2(COc3ccc(C(F)(F)F)cc3)CO2)cc1C.O=C=O. The molecule has 2 aromatic carbocycles. The van der Waals surface area contributed by atoms with Crippen LogP contribution < -0.4 is 9.47 Å². The lowest BCUT2D eigenvalue weighted by Gasteiger charge is -2.15. The van der Waals surface area contributed by atoms with Gasteiger partial charge >= 0.3 is 12.3 Å². The van der Waals surface area contributed by atoms with Crippen LogP contribution in [0.4, 0.5) is 13.2 Å². The van der Waals surface area contributed by atoms with Gasteiger partial charge in [-0.1, -0.05) is 6.92 Å². The van der Waals surface area contributed by atoms with Crippen LogP contribution >= 0.6 is 11.8 Å². The average molecular weight is 456 g/mol. The van der Waals surface area contributed by atoms with Crippen molar-refractivity contribution in [2.24, 2.45) is 0 Å². The van der Waals surface area contributed by atoms with Gasteiger partial charge in [0.05, 0.1) is 18.8 Å². The van der Waals surface area contributed by atoms with Crippen LogP contribution in [-0.2, 0) is 20.5 Å². The zero-order chi connectivity index (χ0) is 22.9. The molecule has 0 N–H and O–H groups in total. The number of epoxide rings is 1. The Labute approximate surface area is 182 Å². The highest BCUT2D eigenvalue weighted by molar-refractivity contribution is 7.99. The van der Waals surface area contributed by atoms with Gasteiger partial charge in [-0.25, -0.2) is 0 Å². The summed E-state index contributed by atoms with van der Waals surface area (Å²) >= 11 is 1.67. The lowest BCUT2D eigenvalue weighted by molar-refractivity contribution is -0.191. The third-order valence-electron chi connectivity index (χ3n) is 4.35. The van der Waals surface area contributed by atoms with Gasteiger partial charge in [0.25, 0.3) is 0 Å². The molecule has 31 heavy (non-hydrogen) atoms. The van der Waals surface area contributed by atoms with Crippen LogP contribution in [0.15, 0.2) is 47.4 Å². The first kappa shape index (κ1) is 24.8. The van der Waals surface area contributed by atoms with Gasteiger partial charge < -0.3 is 14.2 Å². The summed E-state index contributed by atoms with van der Waals surface area (Å²) in [4.78, 5) is 17.4. The molecule has 0 bridgehead atoms. The minimum Gasteiger partial charge on any atom is -0.493 e. The Balaban J connectivity index is 0.00000107. The highest BCUT2D eigenvalue weighted by Crippen LogP contribution is 2.36. The number of carbonyl (C=O) groups excluding carboxylic acids is 2. The fraction of sp³-hybridized carbons (Fsp3) is 0.409. The average Bonchev–Trinajstić information content (AvgIpc) is 3.51. The highest BCUT2D eigenvalue weighted by atomic mass is 32.2. The molecule has 0 radical (unpaired) electrons. The van der Waals surface area contributed by atoms with Crippen LogP contribution in [0.5, 0.6) is 11.5 Å². The van der Waals surface area contributed by atoms with E-state index in [1.807, 2.05) is 19.1 Å². The molecule has 1 unspecified atom stereocenters. The molecule has 3 rings (SSSR count). The van der Waals surface area contributed by atoms with E-state index in [1.165, 1.54) is 12.1 Å². The second-order valence-corrected chi connectivity index (χ2v) is 7.98. The molecule has 1 atom stereocenters. The van der Waals surface area contributed by atoms with E-state index in [9.17, 15) is 13.2 Å². The predicted octanol–water partition coefficient (Wildman–Crippen LogP) is 5.16. The Morgan fingerprint density at radius 1 is 1.13 bits per heavy atom. The maximum absolute atomic E-state index is 12.6.